The first-order chi connectivity index (χ1) is 15.7. The van der Waals surface area contributed by atoms with Crippen LogP contribution in [0.25, 0.3) is 10.9 Å². The zero-order valence-electron chi connectivity index (χ0n) is 17.8. The number of nitrogens with one attached hydrogen (secondary N) is 1. The first kappa shape index (κ1) is 23.0. The third-order valence-electron chi connectivity index (χ3n) is 6.03. The first-order valence-corrected chi connectivity index (χ1v) is 10.5. The van der Waals surface area contributed by atoms with E-state index in [1.54, 1.807) is 12.1 Å². The van der Waals surface area contributed by atoms with Gasteiger partial charge >= 0.3 is 6.18 Å². The van der Waals surface area contributed by atoms with E-state index in [1.165, 1.54) is 7.11 Å². The highest BCUT2D eigenvalue weighted by atomic mass is 19.4. The fourth-order valence-electron chi connectivity index (χ4n) is 4.20. The van der Waals surface area contributed by atoms with Crippen LogP contribution in [0.2, 0.25) is 0 Å². The molecule has 1 fully saturated rings. The van der Waals surface area contributed by atoms with Crippen LogP contribution >= 0.6 is 0 Å². The Bertz CT molecular complexity index is 1170. The molecular weight excluding hydrogens is 442 g/mol. The summed E-state index contributed by atoms with van der Waals surface area (Å²) in [5.41, 5.74) is -0.830. The number of hydrogen-bond donors (Lipinski definition) is 2. The number of anilines is 1. The average molecular weight is 465 g/mol. The molecule has 4 rings (SSSR count). The summed E-state index contributed by atoms with van der Waals surface area (Å²) in [7, 11) is 1.40. The number of benzene rings is 2. The molecule has 10 heteroatoms. The maximum Gasteiger partial charge on any atom is 0.416 e. The van der Waals surface area contributed by atoms with E-state index in [2.05, 4.69) is 10.4 Å². The van der Waals surface area contributed by atoms with Gasteiger partial charge in [0.05, 0.1) is 29.9 Å². The molecule has 3 aromatic rings. The minimum Gasteiger partial charge on any atom is -0.494 e. The van der Waals surface area contributed by atoms with Crippen molar-refractivity contribution in [1.29, 1.82) is 0 Å². The van der Waals surface area contributed by atoms with Gasteiger partial charge in [-0.1, -0.05) is 0 Å². The number of nitrogens with zero attached hydrogens (tertiary/aromatic N) is 2. The highest BCUT2D eigenvalue weighted by molar-refractivity contribution is 6.06. The Labute approximate surface area is 187 Å². The van der Waals surface area contributed by atoms with Crippen molar-refractivity contribution in [3.05, 3.63) is 53.5 Å². The van der Waals surface area contributed by atoms with E-state index in [9.17, 15) is 27.5 Å². The van der Waals surface area contributed by atoms with Gasteiger partial charge in [-0.2, -0.15) is 18.3 Å². The number of fused-ring (bicyclic) bond motifs is 1. The summed E-state index contributed by atoms with van der Waals surface area (Å²) >= 11 is 0. The van der Waals surface area contributed by atoms with Crippen LogP contribution in [0.5, 0.6) is 5.75 Å². The van der Waals surface area contributed by atoms with Gasteiger partial charge in [0.2, 0.25) is 0 Å². The molecule has 1 saturated carbocycles. The molecule has 1 heterocycles. The molecule has 2 N–H and O–H groups in total. The number of aliphatic hydroxyl groups excluding tert-OH is 1. The van der Waals surface area contributed by atoms with Crippen molar-refractivity contribution in [2.75, 3.05) is 19.0 Å². The number of alkyl halides is 3. The highest BCUT2D eigenvalue weighted by Gasteiger charge is 2.32. The van der Waals surface area contributed by atoms with Crippen LogP contribution < -0.4 is 10.1 Å². The van der Waals surface area contributed by atoms with Gasteiger partial charge in [0, 0.05) is 29.8 Å². The Morgan fingerprint density at radius 1 is 1.18 bits per heavy atom. The SMILES string of the molecule is COc1cc2nn(C3CCC(CO)CC3)cc2cc1NC(=O)c1cc(F)cc(C(F)(F)F)c1. The molecule has 0 aliphatic heterocycles. The monoisotopic (exact) mass is 465 g/mol. The number of methoxy groups -OCH3 is 1. The first-order valence-electron chi connectivity index (χ1n) is 10.5. The van der Waals surface area contributed by atoms with Gasteiger partial charge in [0.25, 0.3) is 5.91 Å². The van der Waals surface area contributed by atoms with Crippen LogP contribution in [0.4, 0.5) is 23.2 Å². The Hall–Kier alpha value is -3.14. The van der Waals surface area contributed by atoms with Gasteiger partial charge < -0.3 is 15.2 Å². The molecule has 0 bridgehead atoms. The summed E-state index contributed by atoms with van der Waals surface area (Å²) in [6, 6.07) is 5.14. The highest BCUT2D eigenvalue weighted by Crippen LogP contribution is 2.35. The molecule has 1 aliphatic carbocycles. The van der Waals surface area contributed by atoms with Crippen molar-refractivity contribution in [3.63, 3.8) is 0 Å². The molecule has 2 aromatic carbocycles. The van der Waals surface area contributed by atoms with Gasteiger partial charge in [0.15, 0.2) is 0 Å². The molecular formula is C23H23F4N3O3. The van der Waals surface area contributed by atoms with E-state index in [4.69, 9.17) is 4.74 Å². The molecule has 0 atom stereocenters. The largest absolute Gasteiger partial charge is 0.494 e. The van der Waals surface area contributed by atoms with E-state index < -0.39 is 29.0 Å². The predicted molar refractivity (Wildman–Crippen MR) is 114 cm³/mol. The minimum absolute atomic E-state index is 0.184. The van der Waals surface area contributed by atoms with E-state index in [1.807, 2.05) is 10.9 Å². The van der Waals surface area contributed by atoms with Crippen LogP contribution in [-0.4, -0.2) is 34.5 Å². The number of carbonyl (C=O) groups is 1. The quantitative estimate of drug-likeness (QED) is 0.509. The van der Waals surface area contributed by atoms with Gasteiger partial charge in [-0.25, -0.2) is 4.39 Å². The summed E-state index contributed by atoms with van der Waals surface area (Å²) in [4.78, 5) is 12.6. The molecule has 0 spiro atoms. The van der Waals surface area contributed by atoms with Crippen molar-refractivity contribution in [3.8, 4) is 5.75 Å². The van der Waals surface area contributed by atoms with Crippen molar-refractivity contribution in [1.82, 2.24) is 9.78 Å². The Morgan fingerprint density at radius 3 is 2.55 bits per heavy atom. The lowest BCUT2D eigenvalue weighted by atomic mass is 9.87. The van der Waals surface area contributed by atoms with Crippen molar-refractivity contribution < 1.29 is 32.2 Å². The van der Waals surface area contributed by atoms with Crippen LogP contribution in [-0.2, 0) is 6.18 Å². The maximum absolute atomic E-state index is 13.7. The Kier molecular flexibility index (Phi) is 6.29. The molecule has 33 heavy (non-hydrogen) atoms. The smallest absolute Gasteiger partial charge is 0.416 e. The Morgan fingerprint density at radius 2 is 1.91 bits per heavy atom. The third kappa shape index (κ3) is 4.95. The van der Waals surface area contributed by atoms with Crippen LogP contribution in [0, 0.1) is 11.7 Å². The fraction of sp³-hybridized carbons (Fsp3) is 0.391. The van der Waals surface area contributed by atoms with E-state index in [0.717, 1.165) is 31.7 Å². The van der Waals surface area contributed by atoms with Gasteiger partial charge in [-0.05, 0) is 55.9 Å². The number of ether oxygens (including phenoxy) is 1. The van der Waals surface area contributed by atoms with Crippen LogP contribution in [0.15, 0.2) is 36.5 Å². The lowest BCUT2D eigenvalue weighted by Crippen LogP contribution is -2.20. The second-order valence-corrected chi connectivity index (χ2v) is 8.26. The summed E-state index contributed by atoms with van der Waals surface area (Å²) in [5.74, 6) is -1.46. The number of carbonyl (C=O) groups excluding carboxylic acids is 1. The van der Waals surface area contributed by atoms with E-state index in [0.29, 0.717) is 29.0 Å². The van der Waals surface area contributed by atoms with Gasteiger partial charge in [-0.15, -0.1) is 0 Å². The standard InChI is InChI=1S/C23H23F4N3O3/c1-33-21-10-19-15(11-30(29-19)18-4-2-13(12-31)3-5-18)8-20(21)28-22(32)14-6-16(23(25,26)27)9-17(24)7-14/h6-11,13,18,31H,2-5,12H2,1H3,(H,28,32). The van der Waals surface area contributed by atoms with Crippen molar-refractivity contribution in [2.24, 2.45) is 5.92 Å². The van der Waals surface area contributed by atoms with Crippen LogP contribution in [0.1, 0.15) is 47.6 Å². The van der Waals surface area contributed by atoms with E-state index >= 15 is 0 Å². The second-order valence-electron chi connectivity index (χ2n) is 8.26. The van der Waals surface area contributed by atoms with Crippen molar-refractivity contribution in [2.45, 2.75) is 37.9 Å². The average Bonchev–Trinajstić information content (AvgIpc) is 3.20. The third-order valence-corrected chi connectivity index (χ3v) is 6.03. The minimum atomic E-state index is -4.78. The van der Waals surface area contributed by atoms with Crippen molar-refractivity contribution >= 4 is 22.5 Å². The molecule has 0 saturated heterocycles. The normalized spacial score (nSPS) is 19.0. The van der Waals surface area contributed by atoms with E-state index in [-0.39, 0.29) is 24.1 Å². The number of rotatable bonds is 5. The number of aliphatic hydroxyl groups is 1. The second kappa shape index (κ2) is 9.01. The molecule has 1 aromatic heterocycles. The fourth-order valence-corrected chi connectivity index (χ4v) is 4.20. The predicted octanol–water partition coefficient (Wildman–Crippen LogP) is 5.18. The number of aromatic nitrogens is 2. The zero-order chi connectivity index (χ0) is 23.8. The zero-order valence-corrected chi connectivity index (χ0v) is 17.8. The van der Waals surface area contributed by atoms with Gasteiger partial charge in [-0.3, -0.25) is 9.48 Å². The summed E-state index contributed by atoms with van der Waals surface area (Å²) in [6.45, 7) is 0.184. The molecule has 176 valence electrons. The molecule has 0 radical (unpaired) electrons. The maximum atomic E-state index is 13.7. The van der Waals surface area contributed by atoms with Gasteiger partial charge in [0.1, 0.15) is 11.6 Å². The summed E-state index contributed by atoms with van der Waals surface area (Å²) in [5, 5.41) is 17.2. The number of amides is 1. The molecule has 1 amide bonds. The lowest BCUT2D eigenvalue weighted by molar-refractivity contribution is -0.137. The summed E-state index contributed by atoms with van der Waals surface area (Å²) < 4.78 is 59.9. The number of halogens is 4. The van der Waals surface area contributed by atoms with Crippen LogP contribution in [0.3, 0.4) is 0 Å². The number of hydrogen-bond acceptors (Lipinski definition) is 4. The lowest BCUT2D eigenvalue weighted by Gasteiger charge is -2.27. The molecule has 6 nitrogen and oxygen atoms in total. The topological polar surface area (TPSA) is 76.4 Å². The molecule has 1 aliphatic rings. The molecule has 0 unspecified atom stereocenters. The Balaban J connectivity index is 1.60. The summed E-state index contributed by atoms with van der Waals surface area (Å²) in [6.07, 6.45) is 0.671.